The molecule has 4 aromatic carbocycles. The maximum atomic E-state index is 11.3. The molecule has 1 aromatic heterocycles. The minimum Gasteiger partial charge on any atom is -0.478 e. The lowest BCUT2D eigenvalue weighted by molar-refractivity contribution is 0.0696. The molecular weight excluding hydrogens is 493 g/mol. The molecule has 0 aliphatic heterocycles. The van der Waals surface area contributed by atoms with Crippen LogP contribution in [-0.2, 0) is 6.54 Å². The zero-order valence-corrected chi connectivity index (χ0v) is 20.5. The summed E-state index contributed by atoms with van der Waals surface area (Å²) in [6.45, 7) is 0.426. The van der Waals surface area contributed by atoms with Crippen molar-refractivity contribution in [2.75, 3.05) is 5.32 Å². The van der Waals surface area contributed by atoms with Crippen LogP contribution in [0.1, 0.15) is 38.5 Å². The van der Waals surface area contributed by atoms with Gasteiger partial charge in [-0.15, -0.1) is 0 Å². The van der Waals surface area contributed by atoms with Gasteiger partial charge in [-0.1, -0.05) is 65.7 Å². The number of carboxylic acids is 1. The van der Waals surface area contributed by atoms with Gasteiger partial charge in [-0.25, -0.2) is 14.8 Å². The molecule has 5 nitrogen and oxygen atoms in total. The number of hydrogen-bond donors (Lipinski definition) is 2. The third-order valence-corrected chi connectivity index (χ3v) is 6.54. The van der Waals surface area contributed by atoms with Gasteiger partial charge in [0.25, 0.3) is 0 Å². The van der Waals surface area contributed by atoms with Gasteiger partial charge < -0.3 is 10.4 Å². The Morgan fingerprint density at radius 3 is 2.08 bits per heavy atom. The lowest BCUT2D eigenvalue weighted by Crippen LogP contribution is -2.06. The first-order valence-corrected chi connectivity index (χ1v) is 12.1. The number of aromatic carboxylic acids is 1. The van der Waals surface area contributed by atoms with Crippen LogP contribution in [0.25, 0.3) is 10.9 Å². The topological polar surface area (TPSA) is 75.1 Å². The van der Waals surface area contributed by atoms with E-state index in [0.717, 1.165) is 33.2 Å². The summed E-state index contributed by atoms with van der Waals surface area (Å²) >= 11 is 12.3. The van der Waals surface area contributed by atoms with E-state index in [0.29, 0.717) is 22.4 Å². The molecule has 0 aliphatic carbocycles. The lowest BCUT2D eigenvalue weighted by Gasteiger charge is -2.20. The van der Waals surface area contributed by atoms with E-state index in [1.54, 1.807) is 18.2 Å². The van der Waals surface area contributed by atoms with Gasteiger partial charge in [0.1, 0.15) is 12.1 Å². The Labute approximate surface area is 218 Å². The number of rotatable bonds is 7. The van der Waals surface area contributed by atoms with E-state index < -0.39 is 5.97 Å². The standard InChI is InChI=1S/C29H21Cl2N3O2/c30-23-9-4-19(5-10-23)27(20-6-11-24(31)12-7-20)21-8-13-26-25(15-21)28(34-17-33-26)32-16-18-2-1-3-22(14-18)29(35)36/h1-15,17,27H,16H2,(H,35,36)(H,32,33,34). The van der Waals surface area contributed by atoms with Crippen LogP contribution >= 0.6 is 23.2 Å². The fourth-order valence-corrected chi connectivity index (χ4v) is 4.53. The molecule has 5 rings (SSSR count). The van der Waals surface area contributed by atoms with Crippen molar-refractivity contribution >= 4 is 45.9 Å². The van der Waals surface area contributed by atoms with Crippen molar-refractivity contribution < 1.29 is 9.90 Å². The predicted molar refractivity (Wildman–Crippen MR) is 144 cm³/mol. The van der Waals surface area contributed by atoms with Gasteiger partial charge in [-0.05, 0) is 70.8 Å². The molecule has 0 unspecified atom stereocenters. The van der Waals surface area contributed by atoms with E-state index in [4.69, 9.17) is 23.2 Å². The van der Waals surface area contributed by atoms with Gasteiger partial charge in [0.05, 0.1) is 11.1 Å². The molecule has 178 valence electrons. The molecule has 0 bridgehead atoms. The molecule has 7 heteroatoms. The molecule has 1 heterocycles. The Morgan fingerprint density at radius 1 is 0.806 bits per heavy atom. The van der Waals surface area contributed by atoms with E-state index in [9.17, 15) is 9.90 Å². The smallest absolute Gasteiger partial charge is 0.335 e. The van der Waals surface area contributed by atoms with Gasteiger partial charge >= 0.3 is 5.97 Å². The largest absolute Gasteiger partial charge is 0.478 e. The molecule has 0 fully saturated rings. The highest BCUT2D eigenvalue weighted by Crippen LogP contribution is 2.35. The first-order valence-electron chi connectivity index (χ1n) is 11.3. The van der Waals surface area contributed by atoms with Crippen LogP contribution in [-0.4, -0.2) is 21.0 Å². The van der Waals surface area contributed by atoms with Crippen LogP contribution in [0.5, 0.6) is 0 Å². The SMILES string of the molecule is O=C(O)c1cccc(CNc2ncnc3ccc(C(c4ccc(Cl)cc4)c4ccc(Cl)cc4)cc23)c1. The highest BCUT2D eigenvalue weighted by molar-refractivity contribution is 6.30. The first-order chi connectivity index (χ1) is 17.5. The lowest BCUT2D eigenvalue weighted by atomic mass is 9.85. The molecule has 0 saturated heterocycles. The number of nitrogens with zero attached hydrogens (tertiary/aromatic N) is 2. The summed E-state index contributed by atoms with van der Waals surface area (Å²) in [6.07, 6.45) is 1.52. The summed E-state index contributed by atoms with van der Waals surface area (Å²) in [5, 5.41) is 14.9. The maximum Gasteiger partial charge on any atom is 0.335 e. The summed E-state index contributed by atoms with van der Waals surface area (Å²) in [5.41, 5.74) is 5.16. The van der Waals surface area contributed by atoms with Crippen LogP contribution in [0, 0.1) is 0 Å². The van der Waals surface area contributed by atoms with Gasteiger partial charge in [-0.3, -0.25) is 0 Å². The maximum absolute atomic E-state index is 11.3. The van der Waals surface area contributed by atoms with Crippen LogP contribution in [0.4, 0.5) is 5.82 Å². The van der Waals surface area contributed by atoms with Gasteiger partial charge in [0.15, 0.2) is 0 Å². The second kappa shape index (κ2) is 10.4. The molecule has 0 saturated carbocycles. The van der Waals surface area contributed by atoms with Crippen molar-refractivity contribution in [1.82, 2.24) is 9.97 Å². The highest BCUT2D eigenvalue weighted by atomic mass is 35.5. The number of aromatic nitrogens is 2. The van der Waals surface area contributed by atoms with Crippen LogP contribution in [0.2, 0.25) is 10.0 Å². The molecule has 0 spiro atoms. The monoisotopic (exact) mass is 513 g/mol. The Balaban J connectivity index is 1.54. The van der Waals surface area contributed by atoms with Gasteiger partial charge in [-0.2, -0.15) is 0 Å². The Hall–Kier alpha value is -3.93. The number of benzene rings is 4. The van der Waals surface area contributed by atoms with E-state index in [-0.39, 0.29) is 11.5 Å². The van der Waals surface area contributed by atoms with Gasteiger partial charge in [0.2, 0.25) is 0 Å². The van der Waals surface area contributed by atoms with Crippen molar-refractivity contribution in [1.29, 1.82) is 0 Å². The van der Waals surface area contributed by atoms with E-state index in [1.807, 2.05) is 60.7 Å². The normalized spacial score (nSPS) is 11.1. The van der Waals surface area contributed by atoms with E-state index in [2.05, 4.69) is 27.4 Å². The molecule has 0 aliphatic rings. The van der Waals surface area contributed by atoms with Crippen LogP contribution in [0.3, 0.4) is 0 Å². The number of fused-ring (bicyclic) bond motifs is 1. The van der Waals surface area contributed by atoms with Crippen molar-refractivity contribution in [2.24, 2.45) is 0 Å². The average Bonchev–Trinajstić information content (AvgIpc) is 2.90. The average molecular weight is 514 g/mol. The van der Waals surface area contributed by atoms with E-state index >= 15 is 0 Å². The number of halogens is 2. The quantitative estimate of drug-likeness (QED) is 0.221. The van der Waals surface area contributed by atoms with Crippen LogP contribution < -0.4 is 5.32 Å². The highest BCUT2D eigenvalue weighted by Gasteiger charge is 2.18. The summed E-state index contributed by atoms with van der Waals surface area (Å²) < 4.78 is 0. The molecule has 2 N–H and O–H groups in total. The van der Waals surface area contributed by atoms with Crippen molar-refractivity contribution in [3.63, 3.8) is 0 Å². The van der Waals surface area contributed by atoms with Crippen LogP contribution in [0.15, 0.2) is 97.3 Å². The summed E-state index contributed by atoms with van der Waals surface area (Å²) in [5.74, 6) is -0.331. The van der Waals surface area contributed by atoms with Crippen molar-refractivity contribution in [3.05, 3.63) is 135 Å². The number of hydrogen-bond acceptors (Lipinski definition) is 4. The summed E-state index contributed by atoms with van der Waals surface area (Å²) in [4.78, 5) is 20.2. The number of anilines is 1. The third-order valence-electron chi connectivity index (χ3n) is 6.03. The summed E-state index contributed by atoms with van der Waals surface area (Å²) in [6, 6.07) is 28.7. The Kier molecular flexibility index (Phi) is 6.85. The number of nitrogens with one attached hydrogen (secondary N) is 1. The Morgan fingerprint density at radius 2 is 1.44 bits per heavy atom. The fraction of sp³-hybridized carbons (Fsp3) is 0.0690. The predicted octanol–water partition coefficient (Wildman–Crippen LogP) is 7.43. The second-order valence-corrected chi connectivity index (χ2v) is 9.27. The summed E-state index contributed by atoms with van der Waals surface area (Å²) in [7, 11) is 0. The van der Waals surface area contributed by atoms with E-state index in [1.165, 1.54) is 6.33 Å². The molecular formula is C29H21Cl2N3O2. The second-order valence-electron chi connectivity index (χ2n) is 8.39. The molecule has 0 radical (unpaired) electrons. The molecule has 0 amide bonds. The van der Waals surface area contributed by atoms with Crippen molar-refractivity contribution in [2.45, 2.75) is 12.5 Å². The molecule has 36 heavy (non-hydrogen) atoms. The number of carboxylic acid groups (broad SMARTS) is 1. The Bertz CT molecular complexity index is 1490. The number of carbonyl (C=O) groups is 1. The fourth-order valence-electron chi connectivity index (χ4n) is 4.28. The zero-order valence-electron chi connectivity index (χ0n) is 19.0. The molecule has 5 aromatic rings. The van der Waals surface area contributed by atoms with Crippen molar-refractivity contribution in [3.8, 4) is 0 Å². The first kappa shape index (κ1) is 23.8. The minimum atomic E-state index is -0.954. The molecule has 0 atom stereocenters. The minimum absolute atomic E-state index is 0.0516. The third kappa shape index (κ3) is 5.18. The zero-order chi connectivity index (χ0) is 25.1. The van der Waals surface area contributed by atoms with Gasteiger partial charge in [0, 0.05) is 27.9 Å².